The highest BCUT2D eigenvalue weighted by atomic mass is 35.5. The predicted molar refractivity (Wildman–Crippen MR) is 69.1 cm³/mol. The second-order valence-electron chi connectivity index (χ2n) is 4.09. The molecular weight excluding hydrogens is 254 g/mol. The van der Waals surface area contributed by atoms with Gasteiger partial charge in [0, 0.05) is 0 Å². The summed E-state index contributed by atoms with van der Waals surface area (Å²) in [5.41, 5.74) is 7.02. The number of halogens is 1. The molecule has 0 spiro atoms. The van der Waals surface area contributed by atoms with E-state index in [1.807, 2.05) is 20.8 Å². The van der Waals surface area contributed by atoms with Crippen molar-refractivity contribution in [3.05, 3.63) is 23.2 Å². The molecule has 7 heteroatoms. The molecule has 18 heavy (non-hydrogen) atoms. The van der Waals surface area contributed by atoms with Gasteiger partial charge in [-0.3, -0.25) is 0 Å². The van der Waals surface area contributed by atoms with E-state index in [1.54, 1.807) is 6.20 Å². The van der Waals surface area contributed by atoms with E-state index >= 15 is 0 Å². The Morgan fingerprint density at radius 1 is 1.39 bits per heavy atom. The van der Waals surface area contributed by atoms with Gasteiger partial charge in [0.15, 0.2) is 5.82 Å². The van der Waals surface area contributed by atoms with Crippen molar-refractivity contribution < 1.29 is 4.74 Å². The van der Waals surface area contributed by atoms with Crippen molar-refractivity contribution in [3.63, 3.8) is 0 Å². The molecule has 0 aromatic carbocycles. The molecule has 2 rings (SSSR count). The SMILES string of the molecule is Cc1nn(-c2ncnc(OC(C)C)c2N)cc1Cl. The average molecular weight is 268 g/mol. The number of aryl methyl sites for hydroxylation is 1. The maximum atomic E-state index is 5.97. The maximum absolute atomic E-state index is 5.97. The third-order valence-electron chi connectivity index (χ3n) is 2.23. The molecule has 0 saturated heterocycles. The molecule has 0 aliphatic carbocycles. The van der Waals surface area contributed by atoms with Crippen LogP contribution in [0.3, 0.4) is 0 Å². The first-order valence-electron chi connectivity index (χ1n) is 5.48. The largest absolute Gasteiger partial charge is 0.473 e. The van der Waals surface area contributed by atoms with E-state index in [2.05, 4.69) is 15.1 Å². The summed E-state index contributed by atoms with van der Waals surface area (Å²) in [6.07, 6.45) is 3.02. The molecule has 6 nitrogen and oxygen atoms in total. The molecule has 2 aromatic heterocycles. The monoisotopic (exact) mass is 267 g/mol. The lowest BCUT2D eigenvalue weighted by Gasteiger charge is -2.12. The van der Waals surface area contributed by atoms with E-state index in [9.17, 15) is 0 Å². The lowest BCUT2D eigenvalue weighted by molar-refractivity contribution is 0.233. The van der Waals surface area contributed by atoms with Gasteiger partial charge in [0.25, 0.3) is 0 Å². The molecule has 0 bridgehead atoms. The summed E-state index contributed by atoms with van der Waals surface area (Å²) >= 11 is 5.96. The highest BCUT2D eigenvalue weighted by Gasteiger charge is 2.14. The van der Waals surface area contributed by atoms with Gasteiger partial charge in [-0.05, 0) is 20.8 Å². The fourth-order valence-corrected chi connectivity index (χ4v) is 1.55. The molecule has 0 unspecified atom stereocenters. The van der Waals surface area contributed by atoms with Crippen molar-refractivity contribution in [1.29, 1.82) is 0 Å². The van der Waals surface area contributed by atoms with Crippen molar-refractivity contribution in [2.75, 3.05) is 5.73 Å². The first-order valence-corrected chi connectivity index (χ1v) is 5.86. The fourth-order valence-electron chi connectivity index (χ4n) is 1.42. The summed E-state index contributed by atoms with van der Waals surface area (Å²) in [7, 11) is 0. The van der Waals surface area contributed by atoms with Gasteiger partial charge in [0.1, 0.15) is 12.0 Å². The van der Waals surface area contributed by atoms with E-state index in [-0.39, 0.29) is 6.10 Å². The van der Waals surface area contributed by atoms with E-state index in [4.69, 9.17) is 22.1 Å². The quantitative estimate of drug-likeness (QED) is 0.920. The zero-order chi connectivity index (χ0) is 13.3. The van der Waals surface area contributed by atoms with Crippen LogP contribution >= 0.6 is 11.6 Å². The van der Waals surface area contributed by atoms with Crippen molar-refractivity contribution in [3.8, 4) is 11.7 Å². The first kappa shape index (κ1) is 12.6. The summed E-state index contributed by atoms with van der Waals surface area (Å²) in [4.78, 5) is 8.10. The number of nitrogen functional groups attached to an aromatic ring is 1. The van der Waals surface area contributed by atoms with Crippen LogP contribution in [0, 0.1) is 6.92 Å². The summed E-state index contributed by atoms with van der Waals surface area (Å²) in [6, 6.07) is 0. The Morgan fingerprint density at radius 2 is 2.11 bits per heavy atom. The molecule has 0 atom stereocenters. The molecule has 0 aliphatic heterocycles. The van der Waals surface area contributed by atoms with Crippen molar-refractivity contribution in [1.82, 2.24) is 19.7 Å². The van der Waals surface area contributed by atoms with Gasteiger partial charge in [-0.2, -0.15) is 10.1 Å². The van der Waals surface area contributed by atoms with Gasteiger partial charge in [-0.1, -0.05) is 11.6 Å². The Bertz CT molecular complexity index is 547. The van der Waals surface area contributed by atoms with Crippen molar-refractivity contribution >= 4 is 17.3 Å². The number of rotatable bonds is 3. The molecule has 0 radical (unpaired) electrons. The molecule has 2 heterocycles. The lowest BCUT2D eigenvalue weighted by Crippen LogP contribution is -2.12. The molecule has 2 N–H and O–H groups in total. The van der Waals surface area contributed by atoms with Crippen LogP contribution in [0.2, 0.25) is 5.02 Å². The second-order valence-corrected chi connectivity index (χ2v) is 4.50. The van der Waals surface area contributed by atoms with Crippen LogP contribution in [0.1, 0.15) is 19.5 Å². The van der Waals surface area contributed by atoms with Crippen LogP contribution in [-0.2, 0) is 0 Å². The molecule has 0 saturated carbocycles. The van der Waals surface area contributed by atoms with Crippen LogP contribution in [0.5, 0.6) is 5.88 Å². The second kappa shape index (κ2) is 4.81. The average Bonchev–Trinajstić information content (AvgIpc) is 2.61. The van der Waals surface area contributed by atoms with E-state index in [1.165, 1.54) is 11.0 Å². The van der Waals surface area contributed by atoms with Crippen LogP contribution in [0.4, 0.5) is 5.69 Å². The highest BCUT2D eigenvalue weighted by molar-refractivity contribution is 6.31. The van der Waals surface area contributed by atoms with Crippen LogP contribution in [-0.4, -0.2) is 25.9 Å². The minimum atomic E-state index is -0.0157. The Balaban J connectivity index is 2.45. The van der Waals surface area contributed by atoms with Crippen LogP contribution in [0.15, 0.2) is 12.5 Å². The van der Waals surface area contributed by atoms with E-state index < -0.39 is 0 Å². The van der Waals surface area contributed by atoms with Crippen molar-refractivity contribution in [2.24, 2.45) is 0 Å². The number of hydrogen-bond donors (Lipinski definition) is 1. The van der Waals surface area contributed by atoms with E-state index in [0.29, 0.717) is 28.1 Å². The predicted octanol–water partition coefficient (Wildman–Crippen LogP) is 1.99. The number of ether oxygens (including phenoxy) is 1. The number of hydrogen-bond acceptors (Lipinski definition) is 5. The molecule has 0 aliphatic rings. The molecule has 0 amide bonds. The Labute approximate surface area is 110 Å². The smallest absolute Gasteiger partial charge is 0.242 e. The topological polar surface area (TPSA) is 78.8 Å². The van der Waals surface area contributed by atoms with Gasteiger partial charge in [-0.15, -0.1) is 0 Å². The summed E-state index contributed by atoms with van der Waals surface area (Å²) in [5, 5.41) is 4.78. The van der Waals surface area contributed by atoms with Gasteiger partial charge in [0.05, 0.1) is 23.0 Å². The van der Waals surface area contributed by atoms with Gasteiger partial charge in [-0.25, -0.2) is 9.67 Å². The summed E-state index contributed by atoms with van der Waals surface area (Å²) < 4.78 is 7.01. The third-order valence-corrected chi connectivity index (χ3v) is 2.60. The Morgan fingerprint density at radius 3 is 2.67 bits per heavy atom. The Hall–Kier alpha value is -1.82. The molecule has 0 fully saturated rings. The minimum Gasteiger partial charge on any atom is -0.473 e. The summed E-state index contributed by atoms with van der Waals surface area (Å²) in [6.45, 7) is 5.61. The van der Waals surface area contributed by atoms with E-state index in [0.717, 1.165) is 0 Å². The third kappa shape index (κ3) is 2.38. The standard InChI is InChI=1S/C11H14ClN5O/c1-6(2)18-11-9(13)10(14-5-15-11)17-4-8(12)7(3)16-17/h4-6H,13H2,1-3H3. The molecular formula is C11H14ClN5O. The van der Waals surface area contributed by atoms with Crippen molar-refractivity contribution in [2.45, 2.75) is 26.9 Å². The minimum absolute atomic E-state index is 0.0157. The van der Waals surface area contributed by atoms with Crippen LogP contribution < -0.4 is 10.5 Å². The number of nitrogens with zero attached hydrogens (tertiary/aromatic N) is 4. The molecule has 2 aromatic rings. The fraction of sp³-hybridized carbons (Fsp3) is 0.364. The summed E-state index contributed by atoms with van der Waals surface area (Å²) in [5.74, 6) is 0.801. The first-order chi connectivity index (χ1) is 8.49. The van der Waals surface area contributed by atoms with Gasteiger partial charge < -0.3 is 10.5 Å². The number of anilines is 1. The number of aromatic nitrogens is 4. The van der Waals surface area contributed by atoms with Gasteiger partial charge >= 0.3 is 0 Å². The normalized spacial score (nSPS) is 10.9. The molecule has 96 valence electrons. The highest BCUT2D eigenvalue weighted by Crippen LogP contribution is 2.25. The van der Waals surface area contributed by atoms with Gasteiger partial charge in [0.2, 0.25) is 5.88 Å². The zero-order valence-electron chi connectivity index (χ0n) is 10.4. The maximum Gasteiger partial charge on any atom is 0.242 e. The zero-order valence-corrected chi connectivity index (χ0v) is 11.1. The Kier molecular flexibility index (Phi) is 3.38. The number of nitrogens with two attached hydrogens (primary N) is 1. The lowest BCUT2D eigenvalue weighted by atomic mass is 10.4. The van der Waals surface area contributed by atoms with Crippen LogP contribution in [0.25, 0.3) is 5.82 Å².